The predicted octanol–water partition coefficient (Wildman–Crippen LogP) is 0.806. The first-order valence-corrected chi connectivity index (χ1v) is 8.58. The second-order valence-corrected chi connectivity index (χ2v) is 7.13. The molecule has 0 aliphatic carbocycles. The number of rotatable bonds is 4. The number of sulfonamides is 1. The van der Waals surface area contributed by atoms with Crippen LogP contribution < -0.4 is 15.8 Å². The van der Waals surface area contributed by atoms with E-state index in [0.717, 1.165) is 18.9 Å². The molecule has 1 heterocycles. The number of benzene rings is 1. The number of nitrogens with zero attached hydrogens (tertiary/aromatic N) is 2. The van der Waals surface area contributed by atoms with Crippen molar-refractivity contribution in [3.63, 3.8) is 0 Å². The number of anilines is 1. The Hall–Kier alpha value is -1.71. The minimum atomic E-state index is -3.98. The zero-order valence-electron chi connectivity index (χ0n) is 12.3. The average Bonchev–Trinajstić information content (AvgIpc) is 2.45. The molecule has 122 valence electrons. The summed E-state index contributed by atoms with van der Waals surface area (Å²) in [6.07, 6.45) is 1.92. The van der Waals surface area contributed by atoms with Crippen molar-refractivity contribution < 1.29 is 13.3 Å². The minimum Gasteiger partial charge on any atom is -0.361 e. The van der Waals surface area contributed by atoms with Crippen molar-refractivity contribution >= 4 is 21.4 Å². The topological polar surface area (TPSA) is 133 Å². The summed E-state index contributed by atoms with van der Waals surface area (Å²) in [6.45, 7) is 3.10. The van der Waals surface area contributed by atoms with Gasteiger partial charge in [0.15, 0.2) is 0 Å². The molecule has 1 aromatic carbocycles. The number of nitrogens with two attached hydrogens (primary N) is 2. The Morgan fingerprint density at radius 1 is 1.45 bits per heavy atom. The normalized spacial score (nSPS) is 22.6. The Balaban J connectivity index is 2.52. The van der Waals surface area contributed by atoms with Crippen LogP contribution in [0.2, 0.25) is 0 Å². The zero-order valence-corrected chi connectivity index (χ0v) is 13.1. The van der Waals surface area contributed by atoms with E-state index in [4.69, 9.17) is 10.9 Å². The third-order valence-corrected chi connectivity index (χ3v) is 5.05. The summed E-state index contributed by atoms with van der Waals surface area (Å²) >= 11 is 0. The van der Waals surface area contributed by atoms with Gasteiger partial charge in [0.25, 0.3) is 5.69 Å². The molecule has 1 fully saturated rings. The van der Waals surface area contributed by atoms with Gasteiger partial charge in [-0.05, 0) is 30.9 Å². The van der Waals surface area contributed by atoms with E-state index >= 15 is 0 Å². The van der Waals surface area contributed by atoms with Crippen LogP contribution in [0.15, 0.2) is 23.1 Å². The number of piperidine rings is 1. The van der Waals surface area contributed by atoms with Gasteiger partial charge < -0.3 is 10.6 Å². The van der Waals surface area contributed by atoms with Gasteiger partial charge in [-0.2, -0.15) is 0 Å². The minimum absolute atomic E-state index is 0.00668. The monoisotopic (exact) mass is 328 g/mol. The van der Waals surface area contributed by atoms with Gasteiger partial charge in [-0.25, -0.2) is 13.6 Å². The quantitative estimate of drug-likeness (QED) is 0.620. The van der Waals surface area contributed by atoms with E-state index in [0.29, 0.717) is 24.7 Å². The Morgan fingerprint density at radius 2 is 2.14 bits per heavy atom. The second-order valence-electron chi connectivity index (χ2n) is 5.57. The molecule has 2 rings (SSSR count). The van der Waals surface area contributed by atoms with E-state index in [-0.39, 0.29) is 16.6 Å². The van der Waals surface area contributed by atoms with Crippen molar-refractivity contribution in [3.8, 4) is 0 Å². The third kappa shape index (κ3) is 3.21. The molecule has 0 saturated carbocycles. The van der Waals surface area contributed by atoms with E-state index < -0.39 is 14.9 Å². The molecule has 1 aliphatic heterocycles. The smallest absolute Gasteiger partial charge is 0.293 e. The van der Waals surface area contributed by atoms with Gasteiger partial charge in [0.05, 0.1) is 9.82 Å². The molecule has 8 nitrogen and oxygen atoms in total. The summed E-state index contributed by atoms with van der Waals surface area (Å²) in [5, 5.41) is 16.4. The number of nitro benzene ring substituents is 1. The lowest BCUT2D eigenvalue weighted by molar-refractivity contribution is -0.384. The summed E-state index contributed by atoms with van der Waals surface area (Å²) in [7, 11) is -3.98. The molecule has 2 unspecified atom stereocenters. The lowest BCUT2D eigenvalue weighted by atomic mass is 9.90. The van der Waals surface area contributed by atoms with Crippen molar-refractivity contribution in [1.82, 2.24) is 0 Å². The van der Waals surface area contributed by atoms with Crippen LogP contribution in [0.25, 0.3) is 0 Å². The van der Waals surface area contributed by atoms with Crippen LogP contribution in [-0.2, 0) is 10.0 Å². The maximum absolute atomic E-state index is 11.4. The highest BCUT2D eigenvalue weighted by Crippen LogP contribution is 2.35. The molecular weight excluding hydrogens is 308 g/mol. The average molecular weight is 328 g/mol. The van der Waals surface area contributed by atoms with E-state index in [1.165, 1.54) is 12.1 Å². The molecule has 22 heavy (non-hydrogen) atoms. The Morgan fingerprint density at radius 3 is 2.68 bits per heavy atom. The molecule has 9 heteroatoms. The first-order chi connectivity index (χ1) is 10.3. The molecule has 0 radical (unpaired) electrons. The molecule has 0 amide bonds. The van der Waals surface area contributed by atoms with Crippen LogP contribution in [-0.4, -0.2) is 32.5 Å². The highest BCUT2D eigenvalue weighted by Gasteiger charge is 2.32. The molecule has 1 saturated heterocycles. The maximum Gasteiger partial charge on any atom is 0.293 e. The first kappa shape index (κ1) is 16.7. The fraction of sp³-hybridized carbons (Fsp3) is 0.538. The van der Waals surface area contributed by atoms with E-state index in [9.17, 15) is 18.5 Å². The van der Waals surface area contributed by atoms with Gasteiger partial charge in [-0.3, -0.25) is 10.1 Å². The molecule has 2 atom stereocenters. The number of nitro groups is 1. The summed E-state index contributed by atoms with van der Waals surface area (Å²) in [6, 6.07) is 3.74. The second kappa shape index (κ2) is 6.19. The van der Waals surface area contributed by atoms with Crippen molar-refractivity contribution in [2.45, 2.75) is 30.7 Å². The van der Waals surface area contributed by atoms with Gasteiger partial charge in [0, 0.05) is 25.2 Å². The number of primary sulfonamides is 1. The van der Waals surface area contributed by atoms with Crippen LogP contribution in [0.3, 0.4) is 0 Å². The molecule has 1 aliphatic rings. The van der Waals surface area contributed by atoms with Gasteiger partial charge in [0.2, 0.25) is 10.0 Å². The highest BCUT2D eigenvalue weighted by molar-refractivity contribution is 7.89. The zero-order chi connectivity index (χ0) is 16.5. The van der Waals surface area contributed by atoms with Crippen molar-refractivity contribution in [3.05, 3.63) is 28.3 Å². The van der Waals surface area contributed by atoms with Crippen LogP contribution in [0.4, 0.5) is 11.4 Å². The molecule has 4 N–H and O–H groups in total. The summed E-state index contributed by atoms with van der Waals surface area (Å²) in [5.41, 5.74) is 5.94. The highest BCUT2D eigenvalue weighted by atomic mass is 32.2. The predicted molar refractivity (Wildman–Crippen MR) is 83.1 cm³/mol. The van der Waals surface area contributed by atoms with Crippen LogP contribution in [0, 0.1) is 16.0 Å². The van der Waals surface area contributed by atoms with Crippen molar-refractivity contribution in [2.75, 3.05) is 18.0 Å². The van der Waals surface area contributed by atoms with Gasteiger partial charge in [-0.1, -0.05) is 6.92 Å². The maximum atomic E-state index is 11.4. The summed E-state index contributed by atoms with van der Waals surface area (Å²) < 4.78 is 22.8. The summed E-state index contributed by atoms with van der Waals surface area (Å²) in [4.78, 5) is 12.4. The fourth-order valence-corrected chi connectivity index (χ4v) is 3.51. The SMILES string of the molecule is CC1CCCN(c2ccc(S(N)(=O)=O)cc2[N+](=O)[O-])C1CN. The molecule has 0 aromatic heterocycles. The van der Waals surface area contributed by atoms with Crippen molar-refractivity contribution in [1.29, 1.82) is 0 Å². The van der Waals surface area contributed by atoms with E-state index in [1.54, 1.807) is 0 Å². The molecule has 0 bridgehead atoms. The molecule has 1 aromatic rings. The Kier molecular flexibility index (Phi) is 4.69. The van der Waals surface area contributed by atoms with E-state index in [1.807, 2.05) is 4.90 Å². The van der Waals surface area contributed by atoms with Gasteiger partial charge in [0.1, 0.15) is 5.69 Å². The number of hydrogen-bond acceptors (Lipinski definition) is 6. The first-order valence-electron chi connectivity index (χ1n) is 7.03. The van der Waals surface area contributed by atoms with Crippen molar-refractivity contribution in [2.24, 2.45) is 16.8 Å². The van der Waals surface area contributed by atoms with Crippen LogP contribution >= 0.6 is 0 Å². The lowest BCUT2D eigenvalue weighted by Gasteiger charge is -2.40. The Bertz CT molecular complexity index is 677. The van der Waals surface area contributed by atoms with E-state index in [2.05, 4.69) is 6.92 Å². The molecule has 0 spiro atoms. The number of hydrogen-bond donors (Lipinski definition) is 2. The largest absolute Gasteiger partial charge is 0.361 e. The lowest BCUT2D eigenvalue weighted by Crippen LogP contribution is -2.49. The standard InChI is InChI=1S/C13H20N4O4S/c1-9-3-2-6-16(13(9)8-14)11-5-4-10(22(15,20)21)7-12(11)17(18)19/h4-5,7,9,13H,2-3,6,8,14H2,1H3,(H2,15,20,21). The van der Waals surface area contributed by atoms with Gasteiger partial charge in [-0.15, -0.1) is 0 Å². The molecular formula is C13H20N4O4S. The van der Waals surface area contributed by atoms with Crippen LogP contribution in [0.5, 0.6) is 0 Å². The summed E-state index contributed by atoms with van der Waals surface area (Å²) in [5.74, 6) is 0.316. The van der Waals surface area contributed by atoms with Crippen LogP contribution in [0.1, 0.15) is 19.8 Å². The fourth-order valence-electron chi connectivity index (χ4n) is 2.98. The van der Waals surface area contributed by atoms with Gasteiger partial charge >= 0.3 is 0 Å². The Labute approximate surface area is 129 Å². The third-order valence-electron chi connectivity index (χ3n) is 4.14.